The Morgan fingerprint density at radius 1 is 0.844 bits per heavy atom. The average molecular weight is 426 g/mol. The van der Waals surface area contributed by atoms with Crippen molar-refractivity contribution in [3.63, 3.8) is 0 Å². The number of hydrogen-bond acceptors (Lipinski definition) is 3. The van der Waals surface area contributed by atoms with E-state index >= 15 is 0 Å². The van der Waals surface area contributed by atoms with Crippen LogP contribution in [0.5, 0.6) is 0 Å². The smallest absolute Gasteiger partial charge is 0.243 e. The van der Waals surface area contributed by atoms with Gasteiger partial charge in [0.05, 0.1) is 12.0 Å². The second-order valence-corrected chi connectivity index (χ2v) is 7.57. The minimum Gasteiger partial charge on any atom is -0.343 e. The molecule has 1 atom stereocenters. The van der Waals surface area contributed by atoms with Crippen LogP contribution in [0.3, 0.4) is 0 Å². The highest BCUT2D eigenvalue weighted by atomic mass is 16.2. The molecule has 0 aliphatic carbocycles. The Morgan fingerprint density at radius 3 is 2.00 bits per heavy atom. The third kappa shape index (κ3) is 6.05. The van der Waals surface area contributed by atoms with Gasteiger partial charge in [-0.1, -0.05) is 91.9 Å². The summed E-state index contributed by atoms with van der Waals surface area (Å²) in [7, 11) is 0. The molecule has 0 bridgehead atoms. The topological polar surface area (TPSA) is 82.0 Å². The van der Waals surface area contributed by atoms with Gasteiger partial charge in [0.1, 0.15) is 12.6 Å². The fourth-order valence-corrected chi connectivity index (χ4v) is 3.71. The molecule has 2 amide bonds. The Kier molecular flexibility index (Phi) is 8.16. The zero-order chi connectivity index (χ0) is 22.8. The standard InChI is InChI=1S/C27H27N3O2/c1-2-20-10-9-11-21(18-20)19-24(26(31)29-17-16-28)30-27(32)25(22-12-5-3-6-13-22)23-14-7-4-8-15-23/h3-15,18,24-25H,2,17,19H2,1H3,(H,29,31)(H,30,32)/t24-/m1/s1. The number of carbonyl (C=O) groups is 2. The highest BCUT2D eigenvalue weighted by molar-refractivity contribution is 5.92. The van der Waals surface area contributed by atoms with Gasteiger partial charge in [-0.2, -0.15) is 5.26 Å². The molecule has 2 N–H and O–H groups in total. The van der Waals surface area contributed by atoms with E-state index in [0.717, 1.165) is 28.7 Å². The molecule has 0 fully saturated rings. The molecule has 0 heterocycles. The van der Waals surface area contributed by atoms with Gasteiger partial charge in [-0.05, 0) is 28.7 Å². The molecular formula is C27H27N3O2. The van der Waals surface area contributed by atoms with Crippen molar-refractivity contribution < 1.29 is 9.59 Å². The molecule has 0 spiro atoms. The fourth-order valence-electron chi connectivity index (χ4n) is 3.71. The van der Waals surface area contributed by atoms with Gasteiger partial charge < -0.3 is 10.6 Å². The molecule has 5 nitrogen and oxygen atoms in total. The summed E-state index contributed by atoms with van der Waals surface area (Å²) in [6, 6.07) is 28.1. The maximum Gasteiger partial charge on any atom is 0.243 e. The van der Waals surface area contributed by atoms with Gasteiger partial charge in [-0.15, -0.1) is 0 Å². The molecule has 0 radical (unpaired) electrons. The van der Waals surface area contributed by atoms with Crippen molar-refractivity contribution in [2.45, 2.75) is 31.7 Å². The molecular weight excluding hydrogens is 398 g/mol. The van der Waals surface area contributed by atoms with Gasteiger partial charge in [0, 0.05) is 6.42 Å². The summed E-state index contributed by atoms with van der Waals surface area (Å²) < 4.78 is 0. The van der Waals surface area contributed by atoms with Gasteiger partial charge >= 0.3 is 0 Å². The quantitative estimate of drug-likeness (QED) is 0.512. The molecule has 3 aromatic carbocycles. The third-order valence-corrected chi connectivity index (χ3v) is 5.34. The number of benzene rings is 3. The Hall–Kier alpha value is -3.91. The molecule has 5 heteroatoms. The first-order valence-electron chi connectivity index (χ1n) is 10.7. The van der Waals surface area contributed by atoms with Crippen molar-refractivity contribution in [1.82, 2.24) is 10.6 Å². The van der Waals surface area contributed by atoms with Crippen LogP contribution in [0.2, 0.25) is 0 Å². The minimum atomic E-state index is -0.794. The maximum absolute atomic E-state index is 13.5. The molecule has 32 heavy (non-hydrogen) atoms. The molecule has 0 aliphatic heterocycles. The highest BCUT2D eigenvalue weighted by Crippen LogP contribution is 2.25. The van der Waals surface area contributed by atoms with E-state index in [1.54, 1.807) is 0 Å². The van der Waals surface area contributed by atoms with Crippen molar-refractivity contribution in [1.29, 1.82) is 5.26 Å². The normalized spacial score (nSPS) is 11.4. The van der Waals surface area contributed by atoms with E-state index < -0.39 is 12.0 Å². The van der Waals surface area contributed by atoms with Crippen LogP contribution in [-0.2, 0) is 22.4 Å². The second kappa shape index (κ2) is 11.5. The monoisotopic (exact) mass is 425 g/mol. The van der Waals surface area contributed by atoms with Crippen molar-refractivity contribution in [2.24, 2.45) is 0 Å². The molecule has 162 valence electrons. The first-order chi connectivity index (χ1) is 15.6. The van der Waals surface area contributed by atoms with Crippen molar-refractivity contribution in [3.8, 4) is 6.07 Å². The highest BCUT2D eigenvalue weighted by Gasteiger charge is 2.28. The van der Waals surface area contributed by atoms with Crippen LogP contribution < -0.4 is 10.6 Å². The number of carbonyl (C=O) groups excluding carboxylic acids is 2. The van der Waals surface area contributed by atoms with E-state index in [0.29, 0.717) is 6.42 Å². The SMILES string of the molecule is CCc1cccc(C[C@@H](NC(=O)C(c2ccccc2)c2ccccc2)C(=O)NCC#N)c1. The minimum absolute atomic E-state index is 0.110. The van der Waals surface area contributed by atoms with Crippen LogP contribution in [0.4, 0.5) is 0 Å². The number of hydrogen-bond donors (Lipinski definition) is 2. The molecule has 0 unspecified atom stereocenters. The zero-order valence-electron chi connectivity index (χ0n) is 18.1. The second-order valence-electron chi connectivity index (χ2n) is 7.57. The lowest BCUT2D eigenvalue weighted by Gasteiger charge is -2.23. The Morgan fingerprint density at radius 2 is 1.44 bits per heavy atom. The Labute approximate surface area is 189 Å². The van der Waals surface area contributed by atoms with Crippen molar-refractivity contribution in [2.75, 3.05) is 6.54 Å². The lowest BCUT2D eigenvalue weighted by molar-refractivity contribution is -0.129. The van der Waals surface area contributed by atoms with E-state index in [2.05, 4.69) is 17.6 Å². The van der Waals surface area contributed by atoms with E-state index in [-0.39, 0.29) is 18.4 Å². The van der Waals surface area contributed by atoms with E-state index in [1.165, 1.54) is 0 Å². The molecule has 0 saturated heterocycles. The molecule has 3 aromatic rings. The number of amides is 2. The molecule has 3 rings (SSSR count). The zero-order valence-corrected chi connectivity index (χ0v) is 18.1. The number of nitrogens with one attached hydrogen (secondary N) is 2. The average Bonchev–Trinajstić information content (AvgIpc) is 2.83. The van der Waals surface area contributed by atoms with Crippen LogP contribution in [-0.4, -0.2) is 24.4 Å². The van der Waals surface area contributed by atoms with E-state index in [9.17, 15) is 9.59 Å². The number of rotatable bonds is 9. The number of nitriles is 1. The van der Waals surface area contributed by atoms with Gasteiger partial charge in [0.25, 0.3) is 0 Å². The van der Waals surface area contributed by atoms with Crippen LogP contribution >= 0.6 is 0 Å². The van der Waals surface area contributed by atoms with E-state index in [1.807, 2.05) is 91.0 Å². The van der Waals surface area contributed by atoms with Gasteiger partial charge in [0.2, 0.25) is 11.8 Å². The Bertz CT molecular complexity index is 1040. The lowest BCUT2D eigenvalue weighted by atomic mass is 9.90. The van der Waals surface area contributed by atoms with Gasteiger partial charge in [-0.25, -0.2) is 0 Å². The first-order valence-corrected chi connectivity index (χ1v) is 10.7. The summed E-state index contributed by atoms with van der Waals surface area (Å²) in [5.74, 6) is -1.18. The summed E-state index contributed by atoms with van der Waals surface area (Å²) in [6.07, 6.45) is 1.22. The lowest BCUT2D eigenvalue weighted by Crippen LogP contribution is -2.49. The third-order valence-electron chi connectivity index (χ3n) is 5.34. The summed E-state index contributed by atoms with van der Waals surface area (Å²) in [5, 5.41) is 14.4. The number of aryl methyl sites for hydroxylation is 1. The van der Waals surface area contributed by atoms with Crippen LogP contribution in [0.25, 0.3) is 0 Å². The predicted molar refractivity (Wildman–Crippen MR) is 125 cm³/mol. The van der Waals surface area contributed by atoms with Crippen molar-refractivity contribution in [3.05, 3.63) is 107 Å². The van der Waals surface area contributed by atoms with Gasteiger partial charge in [0.15, 0.2) is 0 Å². The summed E-state index contributed by atoms with van der Waals surface area (Å²) in [6.45, 7) is 1.96. The predicted octanol–water partition coefficient (Wildman–Crippen LogP) is 3.75. The Balaban J connectivity index is 1.89. The summed E-state index contributed by atoms with van der Waals surface area (Å²) >= 11 is 0. The maximum atomic E-state index is 13.5. The molecule has 0 aliphatic rings. The molecule has 0 saturated carbocycles. The summed E-state index contributed by atoms with van der Waals surface area (Å²) in [4.78, 5) is 26.3. The first kappa shape index (κ1) is 22.8. The fraction of sp³-hybridized carbons (Fsp3) is 0.222. The van der Waals surface area contributed by atoms with Gasteiger partial charge in [-0.3, -0.25) is 9.59 Å². The van der Waals surface area contributed by atoms with E-state index in [4.69, 9.17) is 5.26 Å². The van der Waals surface area contributed by atoms with Crippen molar-refractivity contribution >= 4 is 11.8 Å². The summed E-state index contributed by atoms with van der Waals surface area (Å²) in [5.41, 5.74) is 3.81. The molecule has 0 aromatic heterocycles. The largest absolute Gasteiger partial charge is 0.343 e. The number of nitrogens with zero attached hydrogens (tertiary/aromatic N) is 1. The van der Waals surface area contributed by atoms with Crippen LogP contribution in [0, 0.1) is 11.3 Å². The van der Waals surface area contributed by atoms with Crippen LogP contribution in [0.15, 0.2) is 84.9 Å². The van der Waals surface area contributed by atoms with Crippen LogP contribution in [0.1, 0.15) is 35.1 Å².